The fraction of sp³-hybridized carbons (Fsp3) is 0.182. The summed E-state index contributed by atoms with van der Waals surface area (Å²) in [5, 5.41) is 0.942. The summed E-state index contributed by atoms with van der Waals surface area (Å²) in [4.78, 5) is 16.2. The van der Waals surface area contributed by atoms with Gasteiger partial charge in [-0.1, -0.05) is 12.1 Å². The third-order valence-corrected chi connectivity index (χ3v) is 2.08. The summed E-state index contributed by atoms with van der Waals surface area (Å²) in [6, 6.07) is 10.5. The normalized spacial score (nSPS) is 10.4. The molecule has 0 bridgehead atoms. The lowest BCUT2D eigenvalue weighted by Gasteiger charge is -2.07. The number of nitrogens with zero attached hydrogens (tertiary/aromatic N) is 1. The molecule has 1 radical (unpaired) electrons. The van der Waals surface area contributed by atoms with Crippen LogP contribution in [0.4, 0.5) is 0 Å². The molecule has 0 aliphatic rings. The highest BCUT2D eigenvalue weighted by atomic mass is 16.2. The van der Waals surface area contributed by atoms with E-state index in [1.54, 1.807) is 19.0 Å². The van der Waals surface area contributed by atoms with Crippen LogP contribution in [0.3, 0.4) is 0 Å². The van der Waals surface area contributed by atoms with E-state index in [1.807, 2.05) is 24.3 Å². The second-order valence-electron chi connectivity index (χ2n) is 3.38. The first-order valence-corrected chi connectivity index (χ1v) is 4.39. The van der Waals surface area contributed by atoms with Gasteiger partial charge in [-0.25, -0.2) is 0 Å². The number of hydrogen-bond donors (Lipinski definition) is 1. The van der Waals surface area contributed by atoms with Crippen molar-refractivity contribution in [3.63, 3.8) is 0 Å². The van der Waals surface area contributed by atoms with Crippen molar-refractivity contribution in [2.75, 3.05) is 14.1 Å². The third kappa shape index (κ3) is 1.37. The van der Waals surface area contributed by atoms with E-state index >= 15 is 0 Å². The van der Waals surface area contributed by atoms with E-state index in [2.05, 4.69) is 11.1 Å². The Kier molecular flexibility index (Phi) is 2.00. The minimum Gasteiger partial charge on any atom is -0.351 e. The molecule has 0 saturated heterocycles. The van der Waals surface area contributed by atoms with Crippen molar-refractivity contribution in [3.05, 3.63) is 36.0 Å². The molecule has 3 nitrogen and oxygen atoms in total. The quantitative estimate of drug-likeness (QED) is 0.724. The summed E-state index contributed by atoms with van der Waals surface area (Å²) in [7, 11) is 3.47. The Balaban J connectivity index is 2.50. The Morgan fingerprint density at radius 3 is 2.93 bits per heavy atom. The number of hydrogen-bond acceptors (Lipinski definition) is 1. The van der Waals surface area contributed by atoms with Gasteiger partial charge in [-0.05, 0) is 18.2 Å². The fourth-order valence-electron chi connectivity index (χ4n) is 1.36. The topological polar surface area (TPSA) is 36.1 Å². The number of aromatic nitrogens is 1. The molecule has 0 fully saturated rings. The maximum atomic E-state index is 11.6. The molecule has 1 aromatic heterocycles. The number of fused-ring (bicyclic) bond motifs is 1. The Bertz CT molecular complexity index is 438. The minimum atomic E-state index is -0.0189. The Morgan fingerprint density at radius 1 is 1.50 bits per heavy atom. The van der Waals surface area contributed by atoms with Gasteiger partial charge in [0.05, 0.1) is 0 Å². The van der Waals surface area contributed by atoms with Crippen LogP contribution in [0.2, 0.25) is 0 Å². The maximum Gasteiger partial charge on any atom is 0.269 e. The van der Waals surface area contributed by atoms with Crippen molar-refractivity contribution in [3.8, 4) is 0 Å². The summed E-state index contributed by atoms with van der Waals surface area (Å²) in [5.41, 5.74) is 1.55. The van der Waals surface area contributed by atoms with Crippen LogP contribution >= 0.6 is 0 Å². The van der Waals surface area contributed by atoms with Gasteiger partial charge >= 0.3 is 0 Å². The van der Waals surface area contributed by atoms with E-state index in [0.717, 1.165) is 10.9 Å². The third-order valence-electron chi connectivity index (χ3n) is 2.08. The van der Waals surface area contributed by atoms with Crippen molar-refractivity contribution in [1.82, 2.24) is 9.88 Å². The highest BCUT2D eigenvalue weighted by molar-refractivity contribution is 5.97. The van der Waals surface area contributed by atoms with E-state index in [-0.39, 0.29) is 5.91 Å². The molecule has 2 aromatic rings. The SMILES string of the molecule is CN(C)C(=O)c1cc2[c]cccc2[nH]1. The number of carbonyl (C=O) groups is 1. The van der Waals surface area contributed by atoms with Crippen molar-refractivity contribution in [2.24, 2.45) is 0 Å². The average molecular weight is 187 g/mol. The van der Waals surface area contributed by atoms with Gasteiger partial charge < -0.3 is 9.88 Å². The lowest BCUT2D eigenvalue weighted by Crippen LogP contribution is -2.21. The maximum absolute atomic E-state index is 11.6. The first-order valence-electron chi connectivity index (χ1n) is 4.39. The lowest BCUT2D eigenvalue weighted by atomic mass is 10.2. The molecule has 2 rings (SSSR count). The molecule has 1 heterocycles. The van der Waals surface area contributed by atoms with Gasteiger partial charge in [0.1, 0.15) is 5.69 Å². The number of nitrogens with one attached hydrogen (secondary N) is 1. The smallest absolute Gasteiger partial charge is 0.269 e. The predicted molar refractivity (Wildman–Crippen MR) is 55.2 cm³/mol. The minimum absolute atomic E-state index is 0.0189. The van der Waals surface area contributed by atoms with E-state index in [1.165, 1.54) is 0 Å². The first-order chi connectivity index (χ1) is 6.68. The number of amides is 1. The summed E-state index contributed by atoms with van der Waals surface area (Å²) >= 11 is 0. The van der Waals surface area contributed by atoms with Crippen LogP contribution in [0.1, 0.15) is 10.5 Å². The van der Waals surface area contributed by atoms with Crippen LogP contribution in [0.15, 0.2) is 24.3 Å². The largest absolute Gasteiger partial charge is 0.351 e. The molecule has 1 amide bonds. The first kappa shape index (κ1) is 8.81. The van der Waals surface area contributed by atoms with E-state index < -0.39 is 0 Å². The van der Waals surface area contributed by atoms with Gasteiger partial charge in [0.15, 0.2) is 0 Å². The van der Waals surface area contributed by atoms with Crippen LogP contribution in [-0.2, 0) is 0 Å². The van der Waals surface area contributed by atoms with Crippen LogP contribution in [0, 0.1) is 6.07 Å². The van der Waals surface area contributed by atoms with Gasteiger partial charge in [0.2, 0.25) is 0 Å². The zero-order valence-electron chi connectivity index (χ0n) is 8.16. The molecule has 14 heavy (non-hydrogen) atoms. The van der Waals surface area contributed by atoms with Gasteiger partial charge in [-0.3, -0.25) is 4.79 Å². The van der Waals surface area contributed by atoms with Gasteiger partial charge in [0, 0.05) is 25.0 Å². The van der Waals surface area contributed by atoms with Gasteiger partial charge in [0.25, 0.3) is 5.91 Å². The fourth-order valence-corrected chi connectivity index (χ4v) is 1.36. The Morgan fingerprint density at radius 2 is 2.29 bits per heavy atom. The van der Waals surface area contributed by atoms with Crippen LogP contribution < -0.4 is 0 Å². The standard InChI is InChI=1S/C11H11N2O/c1-13(2)11(14)10-7-8-5-3-4-6-9(8)12-10/h3-4,6-7,12H,1-2H3. The van der Waals surface area contributed by atoms with Crippen LogP contribution in [0.25, 0.3) is 10.9 Å². The summed E-state index contributed by atoms with van der Waals surface area (Å²) in [6.07, 6.45) is 0. The molecule has 0 aliphatic heterocycles. The van der Waals surface area contributed by atoms with Crippen molar-refractivity contribution in [1.29, 1.82) is 0 Å². The van der Waals surface area contributed by atoms with Crippen LogP contribution in [0.5, 0.6) is 0 Å². The summed E-state index contributed by atoms with van der Waals surface area (Å²) < 4.78 is 0. The van der Waals surface area contributed by atoms with E-state index in [9.17, 15) is 4.79 Å². The molecule has 3 heteroatoms. The number of rotatable bonds is 1. The highest BCUT2D eigenvalue weighted by Gasteiger charge is 2.10. The second kappa shape index (κ2) is 3.18. The summed E-state index contributed by atoms with van der Waals surface area (Å²) in [6.45, 7) is 0. The Labute approximate surface area is 82.3 Å². The molecule has 1 aromatic carbocycles. The molecular formula is C11H11N2O. The molecule has 71 valence electrons. The van der Waals surface area contributed by atoms with Gasteiger partial charge in [-0.2, -0.15) is 0 Å². The zero-order valence-corrected chi connectivity index (χ0v) is 8.16. The average Bonchev–Trinajstić information content (AvgIpc) is 2.59. The van der Waals surface area contributed by atoms with Crippen molar-refractivity contribution < 1.29 is 4.79 Å². The monoisotopic (exact) mass is 187 g/mol. The highest BCUT2D eigenvalue weighted by Crippen LogP contribution is 2.14. The number of aromatic amines is 1. The molecule has 0 saturated carbocycles. The molecule has 1 N–H and O–H groups in total. The molecule has 0 atom stereocenters. The van der Waals surface area contributed by atoms with E-state index in [0.29, 0.717) is 5.69 Å². The Hall–Kier alpha value is -1.77. The number of H-pyrrole nitrogens is 1. The number of carbonyl (C=O) groups excluding carboxylic acids is 1. The second-order valence-corrected chi connectivity index (χ2v) is 3.38. The number of benzene rings is 1. The molecule has 0 aliphatic carbocycles. The van der Waals surface area contributed by atoms with Crippen molar-refractivity contribution >= 4 is 16.8 Å². The molecular weight excluding hydrogens is 176 g/mol. The molecule has 0 spiro atoms. The van der Waals surface area contributed by atoms with Crippen LogP contribution in [-0.4, -0.2) is 29.9 Å². The van der Waals surface area contributed by atoms with Gasteiger partial charge in [-0.15, -0.1) is 0 Å². The van der Waals surface area contributed by atoms with E-state index in [4.69, 9.17) is 0 Å². The lowest BCUT2D eigenvalue weighted by molar-refractivity contribution is 0.0823. The zero-order chi connectivity index (χ0) is 10.1. The molecule has 0 unspecified atom stereocenters. The van der Waals surface area contributed by atoms with Crippen molar-refractivity contribution in [2.45, 2.75) is 0 Å². The summed E-state index contributed by atoms with van der Waals surface area (Å²) in [5.74, 6) is -0.0189. The predicted octanol–water partition coefficient (Wildman–Crippen LogP) is 1.67.